The van der Waals surface area contributed by atoms with E-state index in [2.05, 4.69) is 20.3 Å². The van der Waals surface area contributed by atoms with Gasteiger partial charge in [-0.15, -0.1) is 0 Å². The fraction of sp³-hybridized carbons (Fsp3) is 0.167. The molecule has 3 N–H and O–H groups in total. The van der Waals surface area contributed by atoms with Gasteiger partial charge in [0.25, 0.3) is 5.91 Å². The second-order valence-corrected chi connectivity index (χ2v) is 8.93. The molecular weight excluding hydrogens is 400 g/mol. The van der Waals surface area contributed by atoms with Crippen LogP contribution in [0.3, 0.4) is 0 Å². The Morgan fingerprint density at radius 1 is 1.11 bits per heavy atom. The summed E-state index contributed by atoms with van der Waals surface area (Å²) in [5.74, 6) is -0.753. The first kappa shape index (κ1) is 19.8. The Morgan fingerprint density at radius 2 is 1.86 bits per heavy atom. The number of hydrogen-bond donors (Lipinski definition) is 3. The molecule has 0 spiro atoms. The number of amides is 2. The van der Waals surface area contributed by atoms with Crippen LogP contribution in [0.15, 0.2) is 42.5 Å². The minimum atomic E-state index is -3.51. The smallest absolute Gasteiger partial charge is 0.259 e. The van der Waals surface area contributed by atoms with E-state index in [1.165, 1.54) is 37.3 Å². The first-order valence-corrected chi connectivity index (χ1v) is 10.8. The van der Waals surface area contributed by atoms with E-state index in [4.69, 9.17) is 0 Å². The summed E-state index contributed by atoms with van der Waals surface area (Å²) in [7, 11) is -3.51. The van der Waals surface area contributed by atoms with Gasteiger partial charge in [-0.2, -0.15) is 0 Å². The molecule has 0 aliphatic rings. The molecular formula is C18H18N4O4S2. The van der Waals surface area contributed by atoms with Crippen molar-refractivity contribution in [3.05, 3.63) is 48.0 Å². The summed E-state index contributed by atoms with van der Waals surface area (Å²) >= 11 is 1.25. The number of aromatic nitrogens is 1. The Morgan fingerprint density at radius 3 is 2.57 bits per heavy atom. The molecule has 146 valence electrons. The van der Waals surface area contributed by atoms with Crippen molar-refractivity contribution < 1.29 is 18.0 Å². The number of fused-ring (bicyclic) bond motifs is 1. The Bertz CT molecular complexity index is 1160. The number of hydrogen-bond acceptors (Lipinski definition) is 6. The lowest BCUT2D eigenvalue weighted by Crippen LogP contribution is -2.19. The van der Waals surface area contributed by atoms with E-state index < -0.39 is 15.9 Å². The van der Waals surface area contributed by atoms with Crippen molar-refractivity contribution in [3.63, 3.8) is 0 Å². The molecule has 0 saturated carbocycles. The van der Waals surface area contributed by atoms with E-state index in [0.717, 1.165) is 4.70 Å². The molecule has 28 heavy (non-hydrogen) atoms. The number of benzene rings is 2. The molecule has 0 radical (unpaired) electrons. The van der Waals surface area contributed by atoms with Crippen LogP contribution in [-0.4, -0.2) is 31.0 Å². The monoisotopic (exact) mass is 418 g/mol. The number of nitrogens with one attached hydrogen (secondary N) is 3. The van der Waals surface area contributed by atoms with E-state index in [0.29, 0.717) is 16.3 Å². The summed E-state index contributed by atoms with van der Waals surface area (Å²) in [6.45, 7) is 2.94. The number of thiazole rings is 1. The van der Waals surface area contributed by atoms with Crippen LogP contribution in [0.25, 0.3) is 10.2 Å². The molecule has 0 bridgehead atoms. The van der Waals surface area contributed by atoms with Crippen molar-refractivity contribution in [2.75, 3.05) is 21.1 Å². The Labute approximate surface area is 166 Å². The van der Waals surface area contributed by atoms with E-state index in [9.17, 15) is 18.0 Å². The molecule has 0 unspecified atom stereocenters. The summed E-state index contributed by atoms with van der Waals surface area (Å²) in [6.07, 6.45) is 0. The van der Waals surface area contributed by atoms with Crippen molar-refractivity contribution in [1.82, 2.24) is 4.98 Å². The molecule has 2 aromatic carbocycles. The number of carbonyl (C=O) groups excluding carboxylic acids is 2. The highest BCUT2D eigenvalue weighted by Gasteiger charge is 2.17. The van der Waals surface area contributed by atoms with E-state index in [1.54, 1.807) is 30.3 Å². The van der Waals surface area contributed by atoms with Gasteiger partial charge >= 0.3 is 0 Å². The molecule has 0 aliphatic carbocycles. The third-order valence-electron chi connectivity index (χ3n) is 3.75. The molecule has 0 fully saturated rings. The lowest BCUT2D eigenvalue weighted by Gasteiger charge is -2.10. The molecule has 3 aromatic rings. The lowest BCUT2D eigenvalue weighted by atomic mass is 10.2. The van der Waals surface area contributed by atoms with Gasteiger partial charge in [0.15, 0.2) is 5.13 Å². The predicted molar refractivity (Wildman–Crippen MR) is 111 cm³/mol. The normalized spacial score (nSPS) is 11.2. The van der Waals surface area contributed by atoms with Crippen molar-refractivity contribution in [2.45, 2.75) is 13.8 Å². The Balaban J connectivity index is 1.84. The molecule has 1 heterocycles. The summed E-state index contributed by atoms with van der Waals surface area (Å²) in [5, 5.41) is 5.76. The first-order chi connectivity index (χ1) is 13.3. The van der Waals surface area contributed by atoms with Crippen LogP contribution in [0.4, 0.5) is 16.5 Å². The zero-order valence-corrected chi connectivity index (χ0v) is 16.8. The van der Waals surface area contributed by atoms with E-state index in [1.807, 2.05) is 0 Å². The van der Waals surface area contributed by atoms with Crippen LogP contribution in [0.2, 0.25) is 0 Å². The Kier molecular flexibility index (Phi) is 5.61. The average Bonchev–Trinajstić information content (AvgIpc) is 3.02. The van der Waals surface area contributed by atoms with E-state index >= 15 is 0 Å². The highest BCUT2D eigenvalue weighted by Crippen LogP contribution is 2.29. The van der Waals surface area contributed by atoms with Crippen molar-refractivity contribution in [1.29, 1.82) is 0 Å². The van der Waals surface area contributed by atoms with Crippen molar-refractivity contribution in [2.24, 2.45) is 0 Å². The van der Waals surface area contributed by atoms with Gasteiger partial charge in [0.1, 0.15) is 0 Å². The molecule has 10 heteroatoms. The highest BCUT2D eigenvalue weighted by atomic mass is 32.2. The van der Waals surface area contributed by atoms with Crippen molar-refractivity contribution >= 4 is 59.9 Å². The number of sulfonamides is 1. The SMILES string of the molecule is CCS(=O)(=O)Nc1ccccc1C(=O)Nc1nc2ccc(NC(C)=O)cc2s1. The quantitative estimate of drug-likeness (QED) is 0.568. The van der Waals surface area contributed by atoms with Crippen LogP contribution in [0.1, 0.15) is 24.2 Å². The molecule has 0 saturated heterocycles. The van der Waals surface area contributed by atoms with Gasteiger partial charge in [-0.3, -0.25) is 19.6 Å². The van der Waals surface area contributed by atoms with Crippen LogP contribution in [0.5, 0.6) is 0 Å². The maximum Gasteiger partial charge on any atom is 0.259 e. The minimum absolute atomic E-state index is 0.0997. The maximum atomic E-state index is 12.7. The number of para-hydroxylation sites is 1. The molecule has 3 rings (SSSR count). The number of nitrogens with zero attached hydrogens (tertiary/aromatic N) is 1. The van der Waals surface area contributed by atoms with Gasteiger partial charge in [-0.1, -0.05) is 23.5 Å². The van der Waals surface area contributed by atoms with Gasteiger partial charge < -0.3 is 5.32 Å². The third kappa shape index (κ3) is 4.65. The van der Waals surface area contributed by atoms with Crippen LogP contribution < -0.4 is 15.4 Å². The average molecular weight is 419 g/mol. The number of anilines is 3. The van der Waals surface area contributed by atoms with Crippen LogP contribution in [-0.2, 0) is 14.8 Å². The van der Waals surface area contributed by atoms with Gasteiger partial charge in [0, 0.05) is 12.6 Å². The molecule has 0 atom stereocenters. The zero-order chi connectivity index (χ0) is 20.3. The summed E-state index contributed by atoms with van der Waals surface area (Å²) in [5.41, 5.74) is 1.71. The van der Waals surface area contributed by atoms with Crippen LogP contribution >= 0.6 is 11.3 Å². The fourth-order valence-corrected chi connectivity index (χ4v) is 3.99. The standard InChI is InChI=1S/C18H18N4O4S2/c1-3-28(25,26)22-14-7-5-4-6-13(14)17(24)21-18-20-15-9-8-12(19-11(2)23)10-16(15)27-18/h4-10,22H,3H2,1-2H3,(H,19,23)(H,20,21,24). The Hall–Kier alpha value is -2.98. The summed E-state index contributed by atoms with van der Waals surface area (Å²) < 4.78 is 26.9. The summed E-state index contributed by atoms with van der Waals surface area (Å²) in [6, 6.07) is 11.6. The first-order valence-electron chi connectivity index (χ1n) is 8.36. The van der Waals surface area contributed by atoms with Gasteiger partial charge in [0.05, 0.1) is 27.2 Å². The molecule has 1 aromatic heterocycles. The van der Waals surface area contributed by atoms with Gasteiger partial charge in [-0.05, 0) is 37.3 Å². The topological polar surface area (TPSA) is 117 Å². The number of rotatable bonds is 6. The molecule has 8 nitrogen and oxygen atoms in total. The molecule has 0 aliphatic heterocycles. The van der Waals surface area contributed by atoms with Crippen LogP contribution in [0, 0.1) is 0 Å². The minimum Gasteiger partial charge on any atom is -0.326 e. The highest BCUT2D eigenvalue weighted by molar-refractivity contribution is 7.92. The predicted octanol–water partition coefficient (Wildman–Crippen LogP) is 3.27. The zero-order valence-electron chi connectivity index (χ0n) is 15.1. The second kappa shape index (κ2) is 7.95. The van der Waals surface area contributed by atoms with Gasteiger partial charge in [0.2, 0.25) is 15.9 Å². The second-order valence-electron chi connectivity index (χ2n) is 5.89. The van der Waals surface area contributed by atoms with Crippen molar-refractivity contribution in [3.8, 4) is 0 Å². The van der Waals surface area contributed by atoms with Gasteiger partial charge in [-0.25, -0.2) is 13.4 Å². The largest absolute Gasteiger partial charge is 0.326 e. The lowest BCUT2D eigenvalue weighted by molar-refractivity contribution is -0.114. The third-order valence-corrected chi connectivity index (χ3v) is 5.97. The summed E-state index contributed by atoms with van der Waals surface area (Å²) in [4.78, 5) is 28.2. The maximum absolute atomic E-state index is 12.7. The van der Waals surface area contributed by atoms with E-state index in [-0.39, 0.29) is 22.9 Å². The fourth-order valence-electron chi connectivity index (χ4n) is 2.43. The molecule has 2 amide bonds. The number of carbonyl (C=O) groups is 2.